The number of rotatable bonds is 6. The summed E-state index contributed by atoms with van der Waals surface area (Å²) in [6.07, 6.45) is 0.307. The minimum Gasteiger partial charge on any atom is -0.465 e. The predicted octanol–water partition coefficient (Wildman–Crippen LogP) is 2.15. The molecule has 0 bridgehead atoms. The Bertz CT molecular complexity index is 299. The maximum absolute atomic E-state index is 11.7. The summed E-state index contributed by atoms with van der Waals surface area (Å²) in [7, 11) is 0. The van der Waals surface area contributed by atoms with Crippen LogP contribution < -0.4 is 0 Å². The van der Waals surface area contributed by atoms with E-state index in [-0.39, 0.29) is 30.0 Å². The molecule has 0 aliphatic rings. The lowest BCUT2D eigenvalue weighted by atomic mass is 9.86. The Labute approximate surface area is 103 Å². The fourth-order valence-corrected chi connectivity index (χ4v) is 1.53. The first kappa shape index (κ1) is 15.8. The zero-order chi connectivity index (χ0) is 13.6. The molecule has 0 unspecified atom stereocenters. The Morgan fingerprint density at radius 3 is 2.06 bits per heavy atom. The Kier molecular flexibility index (Phi) is 6.07. The Morgan fingerprint density at radius 2 is 1.71 bits per heavy atom. The zero-order valence-corrected chi connectivity index (χ0v) is 11.3. The normalized spacial score (nSPS) is 13.0. The van der Waals surface area contributed by atoms with Crippen molar-refractivity contribution in [3.8, 4) is 0 Å². The lowest BCUT2D eigenvalue weighted by Gasteiger charge is -2.18. The summed E-state index contributed by atoms with van der Waals surface area (Å²) in [6, 6.07) is 0. The molecular weight excluding hydrogens is 220 g/mol. The van der Waals surface area contributed by atoms with E-state index in [1.54, 1.807) is 6.92 Å². The summed E-state index contributed by atoms with van der Waals surface area (Å²) in [4.78, 5) is 34.5. The fourth-order valence-electron chi connectivity index (χ4n) is 1.53. The molecule has 0 amide bonds. The van der Waals surface area contributed by atoms with Gasteiger partial charge in [0.25, 0.3) is 0 Å². The molecule has 0 radical (unpaired) electrons. The highest BCUT2D eigenvalue weighted by Gasteiger charge is 2.28. The van der Waals surface area contributed by atoms with Crippen molar-refractivity contribution in [3.63, 3.8) is 0 Å². The van der Waals surface area contributed by atoms with Crippen molar-refractivity contribution in [2.75, 3.05) is 6.61 Å². The number of hydrogen-bond acceptors (Lipinski definition) is 4. The van der Waals surface area contributed by atoms with Crippen LogP contribution in [-0.2, 0) is 19.1 Å². The third-order valence-electron chi connectivity index (χ3n) is 2.22. The average molecular weight is 242 g/mol. The molecular formula is C13H22O4. The first-order chi connectivity index (χ1) is 7.67. The van der Waals surface area contributed by atoms with Gasteiger partial charge in [0.05, 0.1) is 6.61 Å². The van der Waals surface area contributed by atoms with Gasteiger partial charge in [-0.1, -0.05) is 20.8 Å². The Morgan fingerprint density at radius 1 is 1.18 bits per heavy atom. The Balaban J connectivity index is 4.51. The van der Waals surface area contributed by atoms with Gasteiger partial charge in [-0.05, 0) is 19.3 Å². The molecule has 17 heavy (non-hydrogen) atoms. The number of hydrogen-bond donors (Lipinski definition) is 0. The number of carbonyl (C=O) groups excluding carboxylic acids is 3. The molecule has 0 aromatic rings. The molecule has 0 N–H and O–H groups in total. The van der Waals surface area contributed by atoms with E-state index in [0.29, 0.717) is 6.42 Å². The van der Waals surface area contributed by atoms with Crippen molar-refractivity contribution >= 4 is 17.5 Å². The monoisotopic (exact) mass is 242 g/mol. The van der Waals surface area contributed by atoms with E-state index in [1.165, 1.54) is 6.92 Å². The molecule has 0 aliphatic heterocycles. The van der Waals surface area contributed by atoms with Crippen molar-refractivity contribution in [1.29, 1.82) is 0 Å². The minimum atomic E-state index is -0.940. The first-order valence-electron chi connectivity index (χ1n) is 5.86. The predicted molar refractivity (Wildman–Crippen MR) is 64.5 cm³/mol. The highest BCUT2D eigenvalue weighted by molar-refractivity contribution is 6.01. The van der Waals surface area contributed by atoms with Crippen molar-refractivity contribution in [2.24, 2.45) is 11.3 Å². The summed E-state index contributed by atoms with van der Waals surface area (Å²) in [6.45, 7) is 9.03. The van der Waals surface area contributed by atoms with Crippen LogP contribution in [0.3, 0.4) is 0 Å². The maximum atomic E-state index is 11.7. The third kappa shape index (κ3) is 6.87. The lowest BCUT2D eigenvalue weighted by Crippen LogP contribution is -2.28. The number of Topliss-reactive ketones (excluding diaryl/α,β-unsaturated/α-hetero) is 2. The number of ether oxygens (including phenoxy) is 1. The molecule has 0 rings (SSSR count). The van der Waals surface area contributed by atoms with Gasteiger partial charge in [0.1, 0.15) is 17.5 Å². The summed E-state index contributed by atoms with van der Waals surface area (Å²) in [5.41, 5.74) is -0.132. The largest absolute Gasteiger partial charge is 0.465 e. The molecule has 4 heteroatoms. The second kappa shape index (κ2) is 6.52. The van der Waals surface area contributed by atoms with Crippen molar-refractivity contribution < 1.29 is 19.1 Å². The number of esters is 1. The maximum Gasteiger partial charge on any atom is 0.316 e. The lowest BCUT2D eigenvalue weighted by molar-refractivity contribution is -0.153. The van der Waals surface area contributed by atoms with Gasteiger partial charge in [-0.25, -0.2) is 0 Å². The Hall–Kier alpha value is -1.19. The molecule has 0 aromatic carbocycles. The molecule has 4 nitrogen and oxygen atoms in total. The van der Waals surface area contributed by atoms with E-state index in [0.717, 1.165) is 0 Å². The molecule has 1 atom stereocenters. The van der Waals surface area contributed by atoms with E-state index in [1.807, 2.05) is 20.8 Å². The van der Waals surface area contributed by atoms with Gasteiger partial charge in [-0.2, -0.15) is 0 Å². The minimum absolute atomic E-state index is 0.0502. The molecule has 0 saturated carbocycles. The second-order valence-corrected chi connectivity index (χ2v) is 5.40. The topological polar surface area (TPSA) is 60.4 Å². The fraction of sp³-hybridized carbons (Fsp3) is 0.769. The summed E-state index contributed by atoms with van der Waals surface area (Å²) in [5.74, 6) is -1.93. The second-order valence-electron chi connectivity index (χ2n) is 5.40. The van der Waals surface area contributed by atoms with Crippen LogP contribution >= 0.6 is 0 Å². The van der Waals surface area contributed by atoms with Crippen molar-refractivity contribution in [1.82, 2.24) is 0 Å². The van der Waals surface area contributed by atoms with E-state index in [9.17, 15) is 14.4 Å². The molecule has 0 aliphatic carbocycles. The standard InChI is InChI=1S/C13H22O4/c1-6-17-12(16)11(9(2)14)7-10(15)8-13(3,4)5/h11H,6-8H2,1-5H3/t11-/m1/s1. The van der Waals surface area contributed by atoms with E-state index in [4.69, 9.17) is 4.74 Å². The van der Waals surface area contributed by atoms with Crippen LogP contribution in [0.4, 0.5) is 0 Å². The SMILES string of the molecule is CCOC(=O)[C@H](CC(=O)CC(C)(C)C)C(C)=O. The van der Waals surface area contributed by atoms with Gasteiger partial charge in [0.2, 0.25) is 0 Å². The average Bonchev–Trinajstić information content (AvgIpc) is 2.11. The molecule has 98 valence electrons. The van der Waals surface area contributed by atoms with Gasteiger partial charge in [0.15, 0.2) is 0 Å². The van der Waals surface area contributed by atoms with E-state index in [2.05, 4.69) is 0 Å². The van der Waals surface area contributed by atoms with Gasteiger partial charge < -0.3 is 4.74 Å². The van der Waals surface area contributed by atoms with Crippen LogP contribution in [0.25, 0.3) is 0 Å². The molecule has 0 heterocycles. The number of carbonyl (C=O) groups is 3. The highest BCUT2D eigenvalue weighted by Crippen LogP contribution is 2.21. The summed E-state index contributed by atoms with van der Waals surface area (Å²) in [5, 5.41) is 0. The van der Waals surface area contributed by atoms with Crippen LogP contribution in [0.15, 0.2) is 0 Å². The van der Waals surface area contributed by atoms with Crippen LogP contribution in [0.2, 0.25) is 0 Å². The van der Waals surface area contributed by atoms with Gasteiger partial charge in [-0.3, -0.25) is 14.4 Å². The van der Waals surface area contributed by atoms with Gasteiger partial charge in [-0.15, -0.1) is 0 Å². The van der Waals surface area contributed by atoms with Gasteiger partial charge in [0, 0.05) is 12.8 Å². The third-order valence-corrected chi connectivity index (χ3v) is 2.22. The zero-order valence-electron chi connectivity index (χ0n) is 11.3. The number of ketones is 2. The van der Waals surface area contributed by atoms with Gasteiger partial charge >= 0.3 is 5.97 Å². The van der Waals surface area contributed by atoms with Crippen molar-refractivity contribution in [3.05, 3.63) is 0 Å². The molecule has 0 spiro atoms. The molecule has 0 aromatic heterocycles. The molecule has 0 fully saturated rings. The quantitative estimate of drug-likeness (QED) is 0.529. The smallest absolute Gasteiger partial charge is 0.316 e. The van der Waals surface area contributed by atoms with Crippen LogP contribution in [0, 0.1) is 11.3 Å². The van der Waals surface area contributed by atoms with E-state index >= 15 is 0 Å². The summed E-state index contributed by atoms with van der Waals surface area (Å²) >= 11 is 0. The first-order valence-corrected chi connectivity index (χ1v) is 5.86. The van der Waals surface area contributed by atoms with Crippen LogP contribution in [0.1, 0.15) is 47.5 Å². The molecule has 0 saturated heterocycles. The highest BCUT2D eigenvalue weighted by atomic mass is 16.5. The van der Waals surface area contributed by atoms with Crippen LogP contribution in [0.5, 0.6) is 0 Å². The summed E-state index contributed by atoms with van der Waals surface area (Å²) < 4.78 is 4.78. The van der Waals surface area contributed by atoms with Crippen molar-refractivity contribution in [2.45, 2.75) is 47.5 Å². The van der Waals surface area contributed by atoms with Crippen LogP contribution in [-0.4, -0.2) is 24.1 Å². The van der Waals surface area contributed by atoms with E-state index < -0.39 is 11.9 Å².